The largest absolute Gasteiger partial charge is 0.298 e. The Morgan fingerprint density at radius 2 is 2.10 bits per heavy atom. The zero-order chi connectivity index (χ0) is 7.98. The molecular formula is C7H10N2O. The highest BCUT2D eigenvalue weighted by atomic mass is 16.1. The minimum Gasteiger partial charge on any atom is -0.298 e. The number of hydrogen-bond donors (Lipinski definition) is 0. The number of hydrogen-bond acceptors (Lipinski definition) is 2. The van der Waals surface area contributed by atoms with Crippen molar-refractivity contribution in [3.63, 3.8) is 0 Å². The lowest BCUT2D eigenvalue weighted by Crippen LogP contribution is -1.81. The van der Waals surface area contributed by atoms with Crippen LogP contribution in [0.25, 0.3) is 0 Å². The zero-order valence-electron chi connectivity index (χ0n) is 6.16. The summed E-state index contributed by atoms with van der Waals surface area (Å²) in [7, 11) is 0. The number of nitrogens with zero attached hydrogens (tertiary/aromatic N) is 2. The van der Waals surface area contributed by atoms with Crippen LogP contribution >= 0.6 is 0 Å². The summed E-state index contributed by atoms with van der Waals surface area (Å²) in [6.07, 6.45) is 2.19. The maximum Gasteiger partial charge on any atom is 0.147 e. The first-order chi connectivity index (χ1) is 4.70. The maximum atomic E-state index is 10.0. The van der Waals surface area contributed by atoms with E-state index in [1.54, 1.807) is 13.8 Å². The number of carbonyl (C=O) groups is 1. The third kappa shape index (κ3) is 3.72. The van der Waals surface area contributed by atoms with E-state index in [0.717, 1.165) is 6.29 Å². The molecule has 0 heterocycles. The lowest BCUT2D eigenvalue weighted by Gasteiger charge is -1.84. The van der Waals surface area contributed by atoms with Crippen molar-refractivity contribution in [1.82, 2.24) is 0 Å². The summed E-state index contributed by atoms with van der Waals surface area (Å²) in [4.78, 5) is 17.4. The number of aliphatic imine (C=N–C) groups is 2. The number of amidine groups is 1. The first-order valence-corrected chi connectivity index (χ1v) is 2.83. The quantitative estimate of drug-likeness (QED) is 0.245. The summed E-state index contributed by atoms with van der Waals surface area (Å²) in [6, 6.07) is 0. The van der Waals surface area contributed by atoms with Gasteiger partial charge in [0.15, 0.2) is 0 Å². The van der Waals surface area contributed by atoms with Crippen LogP contribution < -0.4 is 0 Å². The second-order valence-electron chi connectivity index (χ2n) is 1.83. The first kappa shape index (κ1) is 8.75. The molecule has 3 heteroatoms. The Kier molecular flexibility index (Phi) is 4.04. The molecule has 0 spiro atoms. The summed E-state index contributed by atoms with van der Waals surface area (Å²) in [6.45, 7) is 6.65. The van der Waals surface area contributed by atoms with Gasteiger partial charge < -0.3 is 0 Å². The average molecular weight is 138 g/mol. The van der Waals surface area contributed by atoms with Crippen LogP contribution in [0.2, 0.25) is 0 Å². The summed E-state index contributed by atoms with van der Waals surface area (Å²) in [5.41, 5.74) is 0.572. The van der Waals surface area contributed by atoms with Crippen LogP contribution in [0.3, 0.4) is 0 Å². The molecule has 0 aliphatic rings. The molecule has 0 fully saturated rings. The van der Waals surface area contributed by atoms with Gasteiger partial charge in [0.25, 0.3) is 0 Å². The molecular weight excluding hydrogens is 128 g/mol. The van der Waals surface area contributed by atoms with Crippen molar-refractivity contribution in [2.75, 3.05) is 0 Å². The molecule has 0 rings (SSSR count). The highest BCUT2D eigenvalue weighted by Crippen LogP contribution is 1.87. The van der Waals surface area contributed by atoms with Gasteiger partial charge in [-0.1, -0.05) is 0 Å². The summed E-state index contributed by atoms with van der Waals surface area (Å²) in [5, 5.41) is 0. The molecule has 0 aromatic heterocycles. The van der Waals surface area contributed by atoms with Crippen LogP contribution in [-0.2, 0) is 4.79 Å². The second kappa shape index (κ2) is 4.61. The van der Waals surface area contributed by atoms with Crippen molar-refractivity contribution in [3.8, 4) is 0 Å². The van der Waals surface area contributed by atoms with E-state index in [1.807, 2.05) is 0 Å². The monoisotopic (exact) mass is 138 g/mol. The van der Waals surface area contributed by atoms with Crippen molar-refractivity contribution in [1.29, 1.82) is 0 Å². The molecule has 0 amide bonds. The van der Waals surface area contributed by atoms with E-state index in [4.69, 9.17) is 0 Å². The van der Waals surface area contributed by atoms with Gasteiger partial charge in [-0.2, -0.15) is 0 Å². The van der Waals surface area contributed by atoms with Gasteiger partial charge in [-0.3, -0.25) is 4.79 Å². The van der Waals surface area contributed by atoms with E-state index in [9.17, 15) is 4.79 Å². The molecule has 54 valence electrons. The van der Waals surface area contributed by atoms with Crippen LogP contribution in [0, 0.1) is 0 Å². The summed E-state index contributed by atoms with van der Waals surface area (Å²) < 4.78 is 0. The molecule has 10 heavy (non-hydrogen) atoms. The maximum absolute atomic E-state index is 10.0. The van der Waals surface area contributed by atoms with Crippen LogP contribution in [0.5, 0.6) is 0 Å². The second-order valence-corrected chi connectivity index (χ2v) is 1.83. The Labute approximate surface area is 60.2 Å². The minimum absolute atomic E-state index is 0.557. The van der Waals surface area contributed by atoms with Gasteiger partial charge in [-0.15, -0.1) is 0 Å². The van der Waals surface area contributed by atoms with Gasteiger partial charge in [-0.25, -0.2) is 9.98 Å². The lowest BCUT2D eigenvalue weighted by molar-refractivity contribution is -0.104. The Bertz CT molecular complexity index is 170. The molecule has 0 aliphatic heterocycles. The Balaban J connectivity index is 4.16. The fourth-order valence-corrected chi connectivity index (χ4v) is 0.266. The number of rotatable bonds is 2. The molecule has 0 saturated carbocycles. The number of carbonyl (C=O) groups excluding carboxylic acids is 1. The molecule has 0 radical (unpaired) electrons. The van der Waals surface area contributed by atoms with Crippen molar-refractivity contribution < 1.29 is 4.79 Å². The van der Waals surface area contributed by atoms with Gasteiger partial charge >= 0.3 is 0 Å². The van der Waals surface area contributed by atoms with Crippen LogP contribution in [0.4, 0.5) is 0 Å². The Hall–Kier alpha value is -1.25. The minimum atomic E-state index is 0.557. The van der Waals surface area contributed by atoms with E-state index in [2.05, 4.69) is 16.7 Å². The molecule has 0 atom stereocenters. The highest BCUT2D eigenvalue weighted by molar-refractivity contribution is 5.84. The van der Waals surface area contributed by atoms with E-state index < -0.39 is 0 Å². The fraction of sp³-hybridized carbons (Fsp3) is 0.286. The third-order valence-electron chi connectivity index (χ3n) is 0.870. The fourth-order valence-electron chi connectivity index (χ4n) is 0.266. The van der Waals surface area contributed by atoms with Crippen LogP contribution in [-0.4, -0.2) is 18.8 Å². The van der Waals surface area contributed by atoms with Crippen molar-refractivity contribution >= 4 is 18.8 Å². The molecule has 0 aromatic carbocycles. The van der Waals surface area contributed by atoms with Gasteiger partial charge in [0.2, 0.25) is 0 Å². The SMILES string of the molecule is C=NC(C)=N/C=C(\C)C=O. The van der Waals surface area contributed by atoms with Gasteiger partial charge in [0.1, 0.15) is 12.1 Å². The predicted molar refractivity (Wildman–Crippen MR) is 42.5 cm³/mol. The molecule has 0 bridgehead atoms. The van der Waals surface area contributed by atoms with Gasteiger partial charge in [0, 0.05) is 11.8 Å². The molecule has 0 saturated heterocycles. The van der Waals surface area contributed by atoms with E-state index in [-0.39, 0.29) is 0 Å². The normalized spacial score (nSPS) is 13.0. The highest BCUT2D eigenvalue weighted by Gasteiger charge is 1.81. The molecule has 0 N–H and O–H groups in total. The van der Waals surface area contributed by atoms with Gasteiger partial charge in [-0.05, 0) is 20.6 Å². The zero-order valence-corrected chi connectivity index (χ0v) is 6.16. The third-order valence-corrected chi connectivity index (χ3v) is 0.870. The van der Waals surface area contributed by atoms with E-state index in [0.29, 0.717) is 11.4 Å². The number of allylic oxidation sites excluding steroid dienone is 1. The molecule has 0 unspecified atom stereocenters. The van der Waals surface area contributed by atoms with Crippen molar-refractivity contribution in [2.24, 2.45) is 9.98 Å². The Morgan fingerprint density at radius 1 is 1.50 bits per heavy atom. The van der Waals surface area contributed by atoms with E-state index in [1.165, 1.54) is 6.20 Å². The van der Waals surface area contributed by atoms with Crippen molar-refractivity contribution in [3.05, 3.63) is 11.8 Å². The summed E-state index contributed by atoms with van der Waals surface area (Å²) >= 11 is 0. The summed E-state index contributed by atoms with van der Waals surface area (Å²) in [5.74, 6) is 0.557. The van der Waals surface area contributed by atoms with Gasteiger partial charge in [0.05, 0.1) is 0 Å². The first-order valence-electron chi connectivity index (χ1n) is 2.83. The molecule has 0 aliphatic carbocycles. The molecule has 3 nitrogen and oxygen atoms in total. The average Bonchev–Trinajstić information content (AvgIpc) is 1.99. The molecule has 0 aromatic rings. The van der Waals surface area contributed by atoms with Crippen molar-refractivity contribution in [2.45, 2.75) is 13.8 Å². The Morgan fingerprint density at radius 3 is 2.50 bits per heavy atom. The van der Waals surface area contributed by atoms with Crippen LogP contribution in [0.15, 0.2) is 21.8 Å². The predicted octanol–water partition coefficient (Wildman–Crippen LogP) is 1.21. The standard InChI is InChI=1S/C7H10N2O/c1-6(5-10)4-9-7(2)8-3/h4-5H,3H2,1-2H3/b6-4+,9-7?. The van der Waals surface area contributed by atoms with Crippen LogP contribution in [0.1, 0.15) is 13.8 Å². The number of aldehydes is 1. The van der Waals surface area contributed by atoms with E-state index >= 15 is 0 Å². The topological polar surface area (TPSA) is 41.8 Å². The lowest BCUT2D eigenvalue weighted by atomic mass is 10.4. The smallest absolute Gasteiger partial charge is 0.147 e.